The molecule has 134 valence electrons. The Kier molecular flexibility index (Phi) is 5.79. The Labute approximate surface area is 162 Å². The number of thiazole rings is 1. The van der Waals surface area contributed by atoms with Crippen molar-refractivity contribution < 1.29 is 4.79 Å². The molecule has 0 saturated carbocycles. The Morgan fingerprint density at radius 1 is 1.23 bits per heavy atom. The fourth-order valence-electron chi connectivity index (χ4n) is 2.81. The van der Waals surface area contributed by atoms with E-state index in [0.29, 0.717) is 13.0 Å². The largest absolute Gasteiger partial charge is 0.313 e. The number of hydrogen-bond donors (Lipinski definition) is 0. The van der Waals surface area contributed by atoms with Crippen molar-refractivity contribution in [2.75, 3.05) is 6.26 Å². The van der Waals surface area contributed by atoms with E-state index in [1.165, 1.54) is 16.0 Å². The van der Waals surface area contributed by atoms with Gasteiger partial charge in [0.2, 0.25) is 0 Å². The van der Waals surface area contributed by atoms with Gasteiger partial charge in [-0.1, -0.05) is 35.6 Å². The Bertz CT molecular complexity index is 1040. The number of aryl methyl sites for hydroxylation is 2. The lowest BCUT2D eigenvalue weighted by atomic mass is 10.0. The molecule has 3 aromatic rings. The van der Waals surface area contributed by atoms with Crippen LogP contribution >= 0.6 is 23.1 Å². The van der Waals surface area contributed by atoms with Crippen LogP contribution in [0.3, 0.4) is 0 Å². The smallest absolute Gasteiger partial charge is 0.252 e. The number of allylic oxidation sites excluding steroid dienone is 1. The van der Waals surface area contributed by atoms with Crippen LogP contribution in [-0.4, -0.2) is 16.7 Å². The van der Waals surface area contributed by atoms with E-state index in [9.17, 15) is 4.79 Å². The lowest BCUT2D eigenvalue weighted by Gasteiger charge is -2.03. The zero-order chi connectivity index (χ0) is 18.7. The van der Waals surface area contributed by atoms with Crippen molar-refractivity contribution in [3.63, 3.8) is 0 Å². The normalized spacial score (nSPS) is 11.9. The quantitative estimate of drug-likeness (QED) is 0.465. The SMILES string of the molecule is C=CCn1c(=NC(=O)Cc2ccc(C)c(C)c2)sc2cc(SC)ccc21. The summed E-state index contributed by atoms with van der Waals surface area (Å²) in [6.07, 6.45) is 4.21. The molecule has 3 nitrogen and oxygen atoms in total. The number of amides is 1. The van der Waals surface area contributed by atoms with E-state index in [0.717, 1.165) is 20.6 Å². The molecule has 1 aromatic heterocycles. The van der Waals surface area contributed by atoms with Crippen molar-refractivity contribution >= 4 is 39.2 Å². The molecule has 0 N–H and O–H groups in total. The van der Waals surface area contributed by atoms with E-state index in [-0.39, 0.29) is 5.91 Å². The molecule has 5 heteroatoms. The van der Waals surface area contributed by atoms with Gasteiger partial charge in [0.05, 0.1) is 16.6 Å². The van der Waals surface area contributed by atoms with Crippen LogP contribution in [0.25, 0.3) is 10.2 Å². The molecule has 0 aliphatic heterocycles. The van der Waals surface area contributed by atoms with Crippen LogP contribution in [-0.2, 0) is 17.8 Å². The Balaban J connectivity index is 1.99. The molecule has 26 heavy (non-hydrogen) atoms. The van der Waals surface area contributed by atoms with Crippen LogP contribution in [0.1, 0.15) is 16.7 Å². The Morgan fingerprint density at radius 2 is 2.04 bits per heavy atom. The summed E-state index contributed by atoms with van der Waals surface area (Å²) in [5, 5.41) is 0. The highest BCUT2D eigenvalue weighted by Gasteiger charge is 2.09. The van der Waals surface area contributed by atoms with Crippen LogP contribution < -0.4 is 4.80 Å². The van der Waals surface area contributed by atoms with Gasteiger partial charge >= 0.3 is 0 Å². The standard InChI is InChI=1S/C21H22N2OS2/c1-5-10-23-18-9-8-17(25-4)13-19(18)26-21(23)22-20(24)12-16-7-6-14(2)15(3)11-16/h5-9,11,13H,1,10,12H2,2-4H3. The number of rotatable bonds is 5. The van der Waals surface area contributed by atoms with Gasteiger partial charge in [-0.15, -0.1) is 18.3 Å². The van der Waals surface area contributed by atoms with Gasteiger partial charge in [-0.2, -0.15) is 4.99 Å². The molecule has 3 rings (SSSR count). The molecule has 0 saturated heterocycles. The second kappa shape index (κ2) is 8.06. The van der Waals surface area contributed by atoms with Gasteiger partial charge in [0.1, 0.15) is 0 Å². The number of hydrogen-bond acceptors (Lipinski definition) is 3. The molecule has 0 radical (unpaired) electrons. The van der Waals surface area contributed by atoms with Crippen molar-refractivity contribution in [2.45, 2.75) is 31.7 Å². The summed E-state index contributed by atoms with van der Waals surface area (Å²) >= 11 is 3.26. The van der Waals surface area contributed by atoms with Gasteiger partial charge in [0.15, 0.2) is 4.80 Å². The molecule has 0 aliphatic rings. The number of carbonyl (C=O) groups is 1. The molecule has 0 unspecified atom stereocenters. The second-order valence-electron chi connectivity index (χ2n) is 6.22. The summed E-state index contributed by atoms with van der Waals surface area (Å²) in [7, 11) is 0. The summed E-state index contributed by atoms with van der Waals surface area (Å²) in [6, 6.07) is 12.5. The molecule has 0 bridgehead atoms. The van der Waals surface area contributed by atoms with Crippen molar-refractivity contribution in [1.29, 1.82) is 0 Å². The van der Waals surface area contributed by atoms with E-state index in [4.69, 9.17) is 0 Å². The number of benzene rings is 2. The summed E-state index contributed by atoms with van der Waals surface area (Å²) in [5.74, 6) is -0.122. The molecule has 0 fully saturated rings. The highest BCUT2D eigenvalue weighted by molar-refractivity contribution is 7.98. The third-order valence-corrected chi connectivity index (χ3v) is 6.12. The van der Waals surface area contributed by atoms with Crippen LogP contribution in [0, 0.1) is 13.8 Å². The van der Waals surface area contributed by atoms with Crippen molar-refractivity contribution in [3.8, 4) is 0 Å². The first kappa shape index (κ1) is 18.7. The number of fused-ring (bicyclic) bond motifs is 1. The van der Waals surface area contributed by atoms with Gasteiger partial charge in [0, 0.05) is 11.4 Å². The molecular weight excluding hydrogens is 360 g/mol. The van der Waals surface area contributed by atoms with Crippen molar-refractivity contribution in [1.82, 2.24) is 4.57 Å². The van der Waals surface area contributed by atoms with Crippen molar-refractivity contribution in [2.24, 2.45) is 4.99 Å². The van der Waals surface area contributed by atoms with E-state index in [2.05, 4.69) is 66.6 Å². The molecule has 2 aromatic carbocycles. The third-order valence-electron chi connectivity index (χ3n) is 4.35. The maximum absolute atomic E-state index is 12.5. The lowest BCUT2D eigenvalue weighted by molar-refractivity contribution is -0.117. The third kappa shape index (κ3) is 4.00. The molecular formula is C21H22N2OS2. The second-order valence-corrected chi connectivity index (χ2v) is 8.11. The topological polar surface area (TPSA) is 34.4 Å². The molecule has 0 spiro atoms. The lowest BCUT2D eigenvalue weighted by Crippen LogP contribution is -2.17. The van der Waals surface area contributed by atoms with Gasteiger partial charge < -0.3 is 4.57 Å². The van der Waals surface area contributed by atoms with Gasteiger partial charge in [-0.05, 0) is 55.0 Å². The van der Waals surface area contributed by atoms with E-state index >= 15 is 0 Å². The first-order valence-electron chi connectivity index (χ1n) is 8.44. The van der Waals surface area contributed by atoms with E-state index in [1.807, 2.05) is 12.1 Å². The van der Waals surface area contributed by atoms with Gasteiger partial charge in [-0.25, -0.2) is 0 Å². The average Bonchev–Trinajstić information content (AvgIpc) is 2.94. The predicted molar refractivity (Wildman–Crippen MR) is 112 cm³/mol. The highest BCUT2D eigenvalue weighted by atomic mass is 32.2. The number of nitrogens with zero attached hydrogens (tertiary/aromatic N) is 2. The average molecular weight is 383 g/mol. The number of thioether (sulfide) groups is 1. The predicted octanol–water partition coefficient (Wildman–Crippen LogP) is 4.90. The number of aromatic nitrogens is 1. The Hall–Kier alpha value is -2.11. The summed E-state index contributed by atoms with van der Waals surface area (Å²) in [5.41, 5.74) is 4.52. The highest BCUT2D eigenvalue weighted by Crippen LogP contribution is 2.24. The first-order chi connectivity index (χ1) is 12.5. The fraction of sp³-hybridized carbons (Fsp3) is 0.238. The minimum absolute atomic E-state index is 0.122. The fourth-order valence-corrected chi connectivity index (χ4v) is 4.42. The maximum Gasteiger partial charge on any atom is 0.252 e. The van der Waals surface area contributed by atoms with Crippen LogP contribution in [0.15, 0.2) is 58.9 Å². The van der Waals surface area contributed by atoms with Crippen LogP contribution in [0.5, 0.6) is 0 Å². The summed E-state index contributed by atoms with van der Waals surface area (Å²) < 4.78 is 3.19. The van der Waals surface area contributed by atoms with Crippen LogP contribution in [0.2, 0.25) is 0 Å². The van der Waals surface area contributed by atoms with E-state index in [1.54, 1.807) is 23.1 Å². The maximum atomic E-state index is 12.5. The van der Waals surface area contributed by atoms with Gasteiger partial charge in [-0.3, -0.25) is 4.79 Å². The minimum atomic E-state index is -0.122. The minimum Gasteiger partial charge on any atom is -0.313 e. The summed E-state index contributed by atoms with van der Waals surface area (Å²) in [4.78, 5) is 18.9. The zero-order valence-electron chi connectivity index (χ0n) is 15.3. The van der Waals surface area contributed by atoms with Crippen molar-refractivity contribution in [3.05, 3.63) is 70.5 Å². The molecule has 1 heterocycles. The Morgan fingerprint density at radius 3 is 2.73 bits per heavy atom. The summed E-state index contributed by atoms with van der Waals surface area (Å²) in [6.45, 7) is 8.60. The monoisotopic (exact) mass is 382 g/mol. The molecule has 1 amide bonds. The molecule has 0 atom stereocenters. The van der Waals surface area contributed by atoms with E-state index < -0.39 is 0 Å². The first-order valence-corrected chi connectivity index (χ1v) is 10.5. The van der Waals surface area contributed by atoms with Crippen LogP contribution in [0.4, 0.5) is 0 Å². The molecule has 0 aliphatic carbocycles. The number of carbonyl (C=O) groups excluding carboxylic acids is 1. The zero-order valence-corrected chi connectivity index (χ0v) is 16.9. The van der Waals surface area contributed by atoms with Gasteiger partial charge in [0.25, 0.3) is 5.91 Å².